The molecule has 2 aromatic carbocycles. The molecule has 0 aliphatic carbocycles. The van der Waals surface area contributed by atoms with Gasteiger partial charge >= 0.3 is 5.97 Å². The molecule has 3 heterocycles. The number of fused-ring (bicyclic) bond motifs is 2. The van der Waals surface area contributed by atoms with Crippen molar-refractivity contribution in [2.45, 2.75) is 13.2 Å². The zero-order chi connectivity index (χ0) is 20.7. The third-order valence-corrected chi connectivity index (χ3v) is 5.95. The Balaban J connectivity index is 1.58. The molecule has 0 saturated carbocycles. The van der Waals surface area contributed by atoms with Crippen LogP contribution in [0.25, 0.3) is 11.3 Å². The number of carboxylic acids is 1. The van der Waals surface area contributed by atoms with Crippen molar-refractivity contribution < 1.29 is 19.4 Å². The standard InChI is InChI=1S/C23H23N3O4/c27-20(28)12-25-7-9-26(10-8-25)22(15-5-6-16-13-30-14-17(16)11-15)21-18-3-1-2-4-19(18)24-23(21)29/h1-6,11H,7-10,12-14H2,(H,24,29)(H,27,28). The number of aliphatic carboxylic acids is 1. The average molecular weight is 405 g/mol. The summed E-state index contributed by atoms with van der Waals surface area (Å²) in [6.45, 7) is 3.85. The molecule has 154 valence electrons. The van der Waals surface area contributed by atoms with E-state index in [4.69, 9.17) is 9.84 Å². The molecule has 7 heteroatoms. The van der Waals surface area contributed by atoms with E-state index in [0.29, 0.717) is 45.0 Å². The van der Waals surface area contributed by atoms with Gasteiger partial charge in [0.1, 0.15) is 0 Å². The van der Waals surface area contributed by atoms with Gasteiger partial charge in [-0.3, -0.25) is 14.5 Å². The fourth-order valence-electron chi connectivity index (χ4n) is 4.48. The molecule has 0 unspecified atom stereocenters. The van der Waals surface area contributed by atoms with Crippen molar-refractivity contribution in [3.8, 4) is 0 Å². The maximum absolute atomic E-state index is 13.0. The number of hydrogen-bond donors (Lipinski definition) is 2. The second-order valence-corrected chi connectivity index (χ2v) is 7.86. The minimum absolute atomic E-state index is 0.0409. The second kappa shape index (κ2) is 7.59. The fraction of sp³-hybridized carbons (Fsp3) is 0.304. The van der Waals surface area contributed by atoms with Gasteiger partial charge in [0.2, 0.25) is 0 Å². The summed E-state index contributed by atoms with van der Waals surface area (Å²) in [5.74, 6) is -0.916. The molecule has 3 aliphatic rings. The number of rotatable bonds is 4. The molecular formula is C23H23N3O4. The van der Waals surface area contributed by atoms with E-state index < -0.39 is 5.97 Å². The number of hydrogen-bond acceptors (Lipinski definition) is 5. The maximum atomic E-state index is 13.0. The van der Waals surface area contributed by atoms with Crippen LogP contribution in [0.1, 0.15) is 22.3 Å². The summed E-state index contributed by atoms with van der Waals surface area (Å²) in [4.78, 5) is 28.2. The normalized spacial score (nSPS) is 20.0. The third kappa shape index (κ3) is 3.36. The zero-order valence-corrected chi connectivity index (χ0v) is 16.6. The van der Waals surface area contributed by atoms with E-state index in [2.05, 4.69) is 28.4 Å². The topological polar surface area (TPSA) is 82.1 Å². The van der Waals surface area contributed by atoms with Gasteiger partial charge in [-0.1, -0.05) is 30.3 Å². The number of carbonyl (C=O) groups excluding carboxylic acids is 1. The number of nitrogens with zero attached hydrogens (tertiary/aromatic N) is 2. The molecule has 0 bridgehead atoms. The van der Waals surface area contributed by atoms with Gasteiger partial charge < -0.3 is 20.1 Å². The molecule has 5 rings (SSSR count). The van der Waals surface area contributed by atoms with E-state index in [1.807, 2.05) is 29.2 Å². The van der Waals surface area contributed by atoms with Gasteiger partial charge in [-0.15, -0.1) is 0 Å². The van der Waals surface area contributed by atoms with Crippen molar-refractivity contribution in [1.29, 1.82) is 0 Å². The molecule has 0 spiro atoms. The number of piperazine rings is 1. The van der Waals surface area contributed by atoms with E-state index in [-0.39, 0.29) is 12.5 Å². The summed E-state index contributed by atoms with van der Waals surface area (Å²) in [6, 6.07) is 14.0. The molecular weight excluding hydrogens is 382 g/mol. The fourth-order valence-corrected chi connectivity index (χ4v) is 4.48. The number of benzene rings is 2. The first-order chi connectivity index (χ1) is 14.6. The van der Waals surface area contributed by atoms with Gasteiger partial charge in [-0.25, -0.2) is 0 Å². The van der Waals surface area contributed by atoms with Gasteiger partial charge in [0, 0.05) is 37.4 Å². The first kappa shape index (κ1) is 18.8. The average Bonchev–Trinajstić information content (AvgIpc) is 3.33. The van der Waals surface area contributed by atoms with Crippen LogP contribution in [0.3, 0.4) is 0 Å². The van der Waals surface area contributed by atoms with E-state index in [9.17, 15) is 9.59 Å². The summed E-state index contributed by atoms with van der Waals surface area (Å²) in [7, 11) is 0. The molecule has 30 heavy (non-hydrogen) atoms. The minimum atomic E-state index is -0.815. The van der Waals surface area contributed by atoms with Gasteiger partial charge in [0.15, 0.2) is 0 Å². The van der Waals surface area contributed by atoms with Crippen LogP contribution < -0.4 is 5.32 Å². The Kier molecular flexibility index (Phi) is 4.77. The first-order valence-corrected chi connectivity index (χ1v) is 10.1. The van der Waals surface area contributed by atoms with Crippen LogP contribution in [-0.4, -0.2) is 59.5 Å². The van der Waals surface area contributed by atoms with Crippen molar-refractivity contribution in [1.82, 2.24) is 9.80 Å². The highest BCUT2D eigenvalue weighted by Crippen LogP contribution is 2.39. The van der Waals surface area contributed by atoms with Gasteiger partial charge in [0.05, 0.1) is 31.0 Å². The van der Waals surface area contributed by atoms with Gasteiger partial charge in [-0.2, -0.15) is 0 Å². The van der Waals surface area contributed by atoms with Crippen molar-refractivity contribution in [2.24, 2.45) is 0 Å². The van der Waals surface area contributed by atoms with Crippen molar-refractivity contribution >= 4 is 28.8 Å². The number of para-hydroxylation sites is 1. The van der Waals surface area contributed by atoms with Crippen LogP contribution in [0.2, 0.25) is 0 Å². The van der Waals surface area contributed by atoms with Crippen LogP contribution in [-0.2, 0) is 27.5 Å². The lowest BCUT2D eigenvalue weighted by Crippen LogP contribution is -2.47. The molecule has 0 radical (unpaired) electrons. The molecule has 1 saturated heterocycles. The first-order valence-electron chi connectivity index (χ1n) is 10.1. The highest BCUT2D eigenvalue weighted by atomic mass is 16.5. The van der Waals surface area contributed by atoms with Crippen LogP contribution in [0.5, 0.6) is 0 Å². The Hall–Kier alpha value is -3.16. The number of anilines is 1. The predicted molar refractivity (Wildman–Crippen MR) is 112 cm³/mol. The smallest absolute Gasteiger partial charge is 0.317 e. The summed E-state index contributed by atoms with van der Waals surface area (Å²) in [5.41, 5.74) is 6.64. The van der Waals surface area contributed by atoms with Crippen LogP contribution in [0.4, 0.5) is 5.69 Å². The lowest BCUT2D eigenvalue weighted by Gasteiger charge is -2.37. The molecule has 1 fully saturated rings. The second-order valence-electron chi connectivity index (χ2n) is 7.86. The molecule has 1 amide bonds. The van der Waals surface area contributed by atoms with Crippen LogP contribution >= 0.6 is 0 Å². The summed E-state index contributed by atoms with van der Waals surface area (Å²) >= 11 is 0. The Morgan fingerprint density at radius 2 is 1.80 bits per heavy atom. The minimum Gasteiger partial charge on any atom is -0.480 e. The molecule has 2 aromatic rings. The highest BCUT2D eigenvalue weighted by Gasteiger charge is 2.32. The quantitative estimate of drug-likeness (QED) is 0.760. The number of carboxylic acid groups (broad SMARTS) is 1. The lowest BCUT2D eigenvalue weighted by molar-refractivity contribution is -0.138. The lowest BCUT2D eigenvalue weighted by atomic mass is 9.96. The Bertz CT molecular complexity index is 1050. The monoisotopic (exact) mass is 405 g/mol. The SMILES string of the molecule is O=C(O)CN1CCN(C(=C2C(=O)Nc3ccccc32)c2ccc3c(c2)COC3)CC1. The summed E-state index contributed by atoms with van der Waals surface area (Å²) in [6.07, 6.45) is 0. The maximum Gasteiger partial charge on any atom is 0.317 e. The Morgan fingerprint density at radius 1 is 1.03 bits per heavy atom. The summed E-state index contributed by atoms with van der Waals surface area (Å²) < 4.78 is 5.58. The molecule has 0 atom stereocenters. The van der Waals surface area contributed by atoms with Crippen LogP contribution in [0.15, 0.2) is 42.5 Å². The molecule has 3 aliphatic heterocycles. The van der Waals surface area contributed by atoms with E-state index in [1.165, 1.54) is 5.56 Å². The largest absolute Gasteiger partial charge is 0.480 e. The van der Waals surface area contributed by atoms with Crippen molar-refractivity contribution in [3.63, 3.8) is 0 Å². The molecule has 2 N–H and O–H groups in total. The van der Waals surface area contributed by atoms with E-state index >= 15 is 0 Å². The third-order valence-electron chi connectivity index (χ3n) is 5.95. The van der Waals surface area contributed by atoms with Crippen LogP contribution in [0, 0.1) is 0 Å². The van der Waals surface area contributed by atoms with E-state index in [0.717, 1.165) is 28.1 Å². The van der Waals surface area contributed by atoms with Gasteiger partial charge in [0.25, 0.3) is 5.91 Å². The van der Waals surface area contributed by atoms with Gasteiger partial charge in [-0.05, 0) is 28.8 Å². The Labute approximate surface area is 174 Å². The highest BCUT2D eigenvalue weighted by molar-refractivity contribution is 6.36. The molecule has 7 nitrogen and oxygen atoms in total. The molecule has 0 aromatic heterocycles. The van der Waals surface area contributed by atoms with E-state index in [1.54, 1.807) is 0 Å². The number of amides is 1. The van der Waals surface area contributed by atoms with Crippen molar-refractivity contribution in [2.75, 3.05) is 38.0 Å². The summed E-state index contributed by atoms with van der Waals surface area (Å²) in [5, 5.41) is 12.1. The van der Waals surface area contributed by atoms with Crippen molar-refractivity contribution in [3.05, 3.63) is 64.7 Å². The Morgan fingerprint density at radius 3 is 2.60 bits per heavy atom. The number of ether oxygens (including phenoxy) is 1. The number of carbonyl (C=O) groups is 2. The predicted octanol–water partition coefficient (Wildman–Crippen LogP) is 2.24. The zero-order valence-electron chi connectivity index (χ0n) is 16.6. The number of nitrogens with one attached hydrogen (secondary N) is 1.